The molecule has 0 aliphatic carbocycles. The number of aryl methyl sites for hydroxylation is 3. The minimum atomic E-state index is 0.0355. The zero-order chi connectivity index (χ0) is 15.0. The first-order valence-corrected chi connectivity index (χ1v) is 8.23. The molecule has 0 amide bonds. The molecule has 0 aromatic carbocycles. The number of ether oxygens (including phenoxy) is 1. The van der Waals surface area contributed by atoms with Gasteiger partial charge in [-0.25, -0.2) is 9.67 Å². The van der Waals surface area contributed by atoms with Gasteiger partial charge in [-0.1, -0.05) is 0 Å². The molecule has 2 aromatic heterocycles. The van der Waals surface area contributed by atoms with Crippen LogP contribution in [0.1, 0.15) is 38.2 Å². The highest BCUT2D eigenvalue weighted by Gasteiger charge is 2.34. The molecule has 1 aliphatic heterocycles. The van der Waals surface area contributed by atoms with E-state index in [0.717, 1.165) is 61.7 Å². The summed E-state index contributed by atoms with van der Waals surface area (Å²) in [6.45, 7) is 8.91. The van der Waals surface area contributed by atoms with Crippen LogP contribution in [0.4, 0.5) is 0 Å². The van der Waals surface area contributed by atoms with E-state index in [0.29, 0.717) is 5.88 Å². The number of halogens is 1. The fraction of sp³-hybridized carbons (Fsp3) is 0.733. The van der Waals surface area contributed by atoms with Crippen LogP contribution in [-0.4, -0.2) is 38.4 Å². The van der Waals surface area contributed by atoms with Crippen LogP contribution in [0, 0.1) is 6.92 Å². The van der Waals surface area contributed by atoms with Crippen molar-refractivity contribution in [2.45, 2.75) is 52.1 Å². The molecule has 5 nitrogen and oxygen atoms in total. The molecule has 0 radical (unpaired) electrons. The summed E-state index contributed by atoms with van der Waals surface area (Å²) in [5.74, 6) is 1.66. The average molecular weight is 311 g/mol. The topological polar surface area (TPSA) is 44.9 Å². The minimum absolute atomic E-state index is 0.0355. The van der Waals surface area contributed by atoms with Crippen LogP contribution in [0.15, 0.2) is 0 Å². The van der Waals surface area contributed by atoms with Crippen molar-refractivity contribution in [3.05, 3.63) is 11.5 Å². The highest BCUT2D eigenvalue weighted by atomic mass is 35.5. The summed E-state index contributed by atoms with van der Waals surface area (Å²) < 4.78 is 10.0. The zero-order valence-corrected chi connectivity index (χ0v) is 13.8. The van der Waals surface area contributed by atoms with Crippen molar-refractivity contribution in [2.75, 3.05) is 19.1 Å². The van der Waals surface area contributed by atoms with Crippen LogP contribution in [-0.2, 0) is 23.2 Å². The van der Waals surface area contributed by atoms with E-state index in [1.54, 1.807) is 0 Å². The average Bonchev–Trinajstić information content (AvgIpc) is 2.98. The van der Waals surface area contributed by atoms with Crippen LogP contribution < -0.4 is 0 Å². The van der Waals surface area contributed by atoms with Crippen molar-refractivity contribution in [1.82, 2.24) is 19.3 Å². The van der Waals surface area contributed by atoms with E-state index in [9.17, 15) is 0 Å². The Kier molecular flexibility index (Phi) is 3.97. The first-order valence-electron chi connectivity index (χ1n) is 7.69. The summed E-state index contributed by atoms with van der Waals surface area (Å²) in [6, 6.07) is 0. The number of fused-ring (bicyclic) bond motifs is 1. The number of alkyl halides is 1. The van der Waals surface area contributed by atoms with Gasteiger partial charge in [0.25, 0.3) is 0 Å². The van der Waals surface area contributed by atoms with Crippen molar-refractivity contribution in [1.29, 1.82) is 0 Å². The van der Waals surface area contributed by atoms with E-state index in [-0.39, 0.29) is 5.54 Å². The molecule has 6 heteroatoms. The number of nitrogens with zero attached hydrogens (tertiary/aromatic N) is 4. The number of hydrogen-bond acceptors (Lipinski definition) is 3. The Labute approximate surface area is 130 Å². The van der Waals surface area contributed by atoms with E-state index >= 15 is 0 Å². The van der Waals surface area contributed by atoms with Gasteiger partial charge in [0.15, 0.2) is 5.65 Å². The summed E-state index contributed by atoms with van der Waals surface area (Å²) in [5, 5.41) is 4.63. The van der Waals surface area contributed by atoms with Gasteiger partial charge < -0.3 is 9.30 Å². The van der Waals surface area contributed by atoms with Crippen LogP contribution in [0.3, 0.4) is 0 Å². The third-order valence-corrected chi connectivity index (χ3v) is 4.70. The van der Waals surface area contributed by atoms with Gasteiger partial charge in [-0.15, -0.1) is 11.6 Å². The largest absolute Gasteiger partial charge is 0.381 e. The standard InChI is InChI=1S/C15H23ClN4O/c1-4-19-14-13(11(2)18-19)17-12(5-8-16)20(14)15(3)6-9-21-10-7-15/h4-10H2,1-3H3. The predicted molar refractivity (Wildman–Crippen MR) is 84.1 cm³/mol. The molecule has 0 spiro atoms. The number of aromatic nitrogens is 4. The lowest BCUT2D eigenvalue weighted by molar-refractivity contribution is 0.0296. The maximum Gasteiger partial charge on any atom is 0.159 e. The lowest BCUT2D eigenvalue weighted by Gasteiger charge is -2.36. The van der Waals surface area contributed by atoms with E-state index in [4.69, 9.17) is 21.3 Å². The van der Waals surface area contributed by atoms with E-state index in [2.05, 4.69) is 28.2 Å². The zero-order valence-electron chi connectivity index (χ0n) is 13.0. The normalized spacial score (nSPS) is 18.5. The van der Waals surface area contributed by atoms with Crippen LogP contribution in [0.5, 0.6) is 0 Å². The highest BCUT2D eigenvalue weighted by Crippen LogP contribution is 2.34. The molecule has 1 saturated heterocycles. The third-order valence-electron chi connectivity index (χ3n) is 4.51. The Hall–Kier alpha value is -1.07. The first-order chi connectivity index (χ1) is 10.1. The molecule has 0 N–H and O–H groups in total. The molecule has 3 rings (SSSR count). The summed E-state index contributed by atoms with van der Waals surface area (Å²) in [6.07, 6.45) is 2.79. The molecule has 0 atom stereocenters. The molecule has 21 heavy (non-hydrogen) atoms. The van der Waals surface area contributed by atoms with Gasteiger partial charge in [-0.2, -0.15) is 5.10 Å². The fourth-order valence-corrected chi connectivity index (χ4v) is 3.46. The van der Waals surface area contributed by atoms with Crippen molar-refractivity contribution >= 4 is 22.8 Å². The second kappa shape index (κ2) is 5.61. The van der Waals surface area contributed by atoms with Crippen molar-refractivity contribution < 1.29 is 4.74 Å². The molecular formula is C15H23ClN4O. The third kappa shape index (κ3) is 2.36. The lowest BCUT2D eigenvalue weighted by atomic mass is 9.92. The van der Waals surface area contributed by atoms with Crippen LogP contribution in [0.2, 0.25) is 0 Å². The molecule has 3 heterocycles. The smallest absolute Gasteiger partial charge is 0.159 e. The van der Waals surface area contributed by atoms with Gasteiger partial charge in [0.2, 0.25) is 0 Å². The first kappa shape index (κ1) is 14.9. The van der Waals surface area contributed by atoms with Gasteiger partial charge >= 0.3 is 0 Å². The minimum Gasteiger partial charge on any atom is -0.381 e. The summed E-state index contributed by atoms with van der Waals surface area (Å²) >= 11 is 6.00. The van der Waals surface area contributed by atoms with Crippen molar-refractivity contribution in [3.63, 3.8) is 0 Å². The molecule has 116 valence electrons. The van der Waals surface area contributed by atoms with Gasteiger partial charge in [0.1, 0.15) is 11.3 Å². The van der Waals surface area contributed by atoms with Gasteiger partial charge in [0, 0.05) is 37.6 Å². The van der Waals surface area contributed by atoms with E-state index in [1.807, 2.05) is 6.92 Å². The quantitative estimate of drug-likeness (QED) is 0.816. The molecular weight excluding hydrogens is 288 g/mol. The van der Waals surface area contributed by atoms with Crippen LogP contribution in [0.25, 0.3) is 11.2 Å². The molecule has 1 fully saturated rings. The molecule has 0 bridgehead atoms. The number of imidazole rings is 1. The van der Waals surface area contributed by atoms with E-state index < -0.39 is 0 Å². The fourth-order valence-electron chi connectivity index (χ4n) is 3.29. The second-order valence-electron chi connectivity index (χ2n) is 5.99. The Morgan fingerprint density at radius 1 is 1.33 bits per heavy atom. The summed E-state index contributed by atoms with van der Waals surface area (Å²) in [7, 11) is 0. The van der Waals surface area contributed by atoms with E-state index in [1.165, 1.54) is 0 Å². The Bertz CT molecular complexity index is 640. The Balaban J connectivity index is 2.23. The number of rotatable bonds is 4. The molecule has 1 aliphatic rings. The van der Waals surface area contributed by atoms with Crippen LogP contribution >= 0.6 is 11.6 Å². The van der Waals surface area contributed by atoms with Gasteiger partial charge in [-0.3, -0.25) is 0 Å². The van der Waals surface area contributed by atoms with Gasteiger partial charge in [0.05, 0.1) is 5.69 Å². The Morgan fingerprint density at radius 2 is 2.05 bits per heavy atom. The molecule has 0 saturated carbocycles. The predicted octanol–water partition coefficient (Wildman–Crippen LogP) is 2.87. The second-order valence-corrected chi connectivity index (χ2v) is 6.36. The maximum absolute atomic E-state index is 6.00. The number of hydrogen-bond donors (Lipinski definition) is 0. The van der Waals surface area contributed by atoms with Crippen molar-refractivity contribution in [2.24, 2.45) is 0 Å². The summed E-state index contributed by atoms with van der Waals surface area (Å²) in [4.78, 5) is 4.85. The van der Waals surface area contributed by atoms with Crippen molar-refractivity contribution in [3.8, 4) is 0 Å². The highest BCUT2D eigenvalue weighted by molar-refractivity contribution is 6.17. The lowest BCUT2D eigenvalue weighted by Crippen LogP contribution is -2.38. The monoisotopic (exact) mass is 310 g/mol. The maximum atomic E-state index is 6.00. The summed E-state index contributed by atoms with van der Waals surface area (Å²) in [5.41, 5.74) is 3.19. The molecule has 0 unspecified atom stereocenters. The SMILES string of the molecule is CCn1nc(C)c2nc(CCCl)n(C3(C)CCOCC3)c21. The molecule has 2 aromatic rings. The van der Waals surface area contributed by atoms with Gasteiger partial charge in [-0.05, 0) is 33.6 Å². The Morgan fingerprint density at radius 3 is 2.67 bits per heavy atom.